The number of benzene rings is 1. The number of nitrogens with one attached hydrogen (secondary N) is 1. The third-order valence-electron chi connectivity index (χ3n) is 2.85. The SMILES string of the molecule is CCCOc1ccccc1-c1cc(CC(=O)O)c(=O)[nH]n1. The Balaban J connectivity index is 2.42. The van der Waals surface area contributed by atoms with Gasteiger partial charge in [-0.25, -0.2) is 5.10 Å². The number of hydrogen-bond acceptors (Lipinski definition) is 4. The fourth-order valence-electron chi connectivity index (χ4n) is 1.89. The Morgan fingerprint density at radius 3 is 2.86 bits per heavy atom. The lowest BCUT2D eigenvalue weighted by molar-refractivity contribution is -0.136. The highest BCUT2D eigenvalue weighted by Gasteiger charge is 2.12. The molecule has 2 rings (SSSR count). The van der Waals surface area contributed by atoms with E-state index in [0.29, 0.717) is 23.6 Å². The first-order chi connectivity index (χ1) is 10.1. The second-order valence-electron chi connectivity index (χ2n) is 4.52. The first kappa shape index (κ1) is 14.8. The minimum absolute atomic E-state index is 0.165. The molecule has 0 spiro atoms. The van der Waals surface area contributed by atoms with E-state index in [0.717, 1.165) is 6.42 Å². The third kappa shape index (κ3) is 3.68. The van der Waals surface area contributed by atoms with Crippen molar-refractivity contribution in [3.05, 3.63) is 46.2 Å². The topological polar surface area (TPSA) is 92.3 Å². The smallest absolute Gasteiger partial charge is 0.308 e. The molecule has 0 saturated carbocycles. The first-order valence-electron chi connectivity index (χ1n) is 6.64. The van der Waals surface area contributed by atoms with E-state index in [1.807, 2.05) is 31.2 Å². The van der Waals surface area contributed by atoms with Gasteiger partial charge in [0.25, 0.3) is 5.56 Å². The van der Waals surface area contributed by atoms with Crippen molar-refractivity contribution in [2.24, 2.45) is 0 Å². The van der Waals surface area contributed by atoms with Crippen LogP contribution >= 0.6 is 0 Å². The van der Waals surface area contributed by atoms with E-state index in [-0.39, 0.29) is 12.0 Å². The van der Waals surface area contributed by atoms with E-state index in [1.165, 1.54) is 6.07 Å². The maximum atomic E-state index is 11.6. The number of rotatable bonds is 6. The Kier molecular flexibility index (Phi) is 4.71. The van der Waals surface area contributed by atoms with E-state index < -0.39 is 11.5 Å². The summed E-state index contributed by atoms with van der Waals surface area (Å²) >= 11 is 0. The van der Waals surface area contributed by atoms with Crippen molar-refractivity contribution < 1.29 is 14.6 Å². The molecule has 1 aromatic heterocycles. The molecule has 1 heterocycles. The van der Waals surface area contributed by atoms with Crippen LogP contribution in [0.3, 0.4) is 0 Å². The van der Waals surface area contributed by atoms with Crippen molar-refractivity contribution in [3.63, 3.8) is 0 Å². The molecule has 110 valence electrons. The van der Waals surface area contributed by atoms with Gasteiger partial charge in [-0.3, -0.25) is 9.59 Å². The maximum absolute atomic E-state index is 11.6. The molecule has 0 atom stereocenters. The number of aromatic amines is 1. The van der Waals surface area contributed by atoms with Crippen LogP contribution in [0.5, 0.6) is 5.75 Å². The second-order valence-corrected chi connectivity index (χ2v) is 4.52. The molecule has 0 saturated heterocycles. The highest BCUT2D eigenvalue weighted by atomic mass is 16.5. The summed E-state index contributed by atoms with van der Waals surface area (Å²) in [6, 6.07) is 8.79. The van der Waals surface area contributed by atoms with E-state index in [2.05, 4.69) is 10.2 Å². The molecular weight excluding hydrogens is 272 g/mol. The molecule has 0 unspecified atom stereocenters. The number of carboxylic acid groups (broad SMARTS) is 1. The molecule has 0 aliphatic rings. The first-order valence-corrected chi connectivity index (χ1v) is 6.64. The monoisotopic (exact) mass is 288 g/mol. The molecule has 0 bridgehead atoms. The van der Waals surface area contributed by atoms with Crippen LogP contribution in [0.1, 0.15) is 18.9 Å². The van der Waals surface area contributed by atoms with Crippen molar-refractivity contribution >= 4 is 5.97 Å². The average Bonchev–Trinajstić information content (AvgIpc) is 2.47. The molecule has 1 aromatic carbocycles. The lowest BCUT2D eigenvalue weighted by atomic mass is 10.1. The number of carbonyl (C=O) groups is 1. The largest absolute Gasteiger partial charge is 0.493 e. The van der Waals surface area contributed by atoms with Gasteiger partial charge >= 0.3 is 5.97 Å². The number of para-hydroxylation sites is 1. The molecule has 0 radical (unpaired) electrons. The normalized spacial score (nSPS) is 10.3. The van der Waals surface area contributed by atoms with Crippen molar-refractivity contribution in [1.29, 1.82) is 0 Å². The zero-order chi connectivity index (χ0) is 15.2. The molecule has 2 aromatic rings. The Bertz CT molecular complexity index is 694. The van der Waals surface area contributed by atoms with Crippen molar-refractivity contribution in [2.75, 3.05) is 6.61 Å². The van der Waals surface area contributed by atoms with Crippen molar-refractivity contribution in [3.8, 4) is 17.0 Å². The second kappa shape index (κ2) is 6.69. The van der Waals surface area contributed by atoms with Crippen LogP contribution in [0, 0.1) is 0 Å². The lowest BCUT2D eigenvalue weighted by Crippen LogP contribution is -2.17. The van der Waals surface area contributed by atoms with E-state index >= 15 is 0 Å². The number of aromatic nitrogens is 2. The molecular formula is C15H16N2O4. The Labute approximate surface area is 121 Å². The standard InChI is InChI=1S/C15H16N2O4/c1-2-7-21-13-6-4-3-5-11(13)12-8-10(9-14(18)19)15(20)17-16-12/h3-6,8H,2,7,9H2,1H3,(H,17,20)(H,18,19). The highest BCUT2D eigenvalue weighted by Crippen LogP contribution is 2.28. The number of hydrogen-bond donors (Lipinski definition) is 2. The van der Waals surface area contributed by atoms with Gasteiger partial charge in [-0.05, 0) is 24.6 Å². The minimum atomic E-state index is -1.06. The quantitative estimate of drug-likeness (QED) is 0.846. The van der Waals surface area contributed by atoms with Gasteiger partial charge in [0.1, 0.15) is 5.75 Å². The van der Waals surface area contributed by atoms with Crippen LogP contribution in [-0.2, 0) is 11.2 Å². The molecule has 6 nitrogen and oxygen atoms in total. The predicted octanol–water partition coefficient (Wildman–Crippen LogP) is 1.85. The average molecular weight is 288 g/mol. The highest BCUT2D eigenvalue weighted by molar-refractivity contribution is 5.72. The van der Waals surface area contributed by atoms with Crippen molar-refractivity contribution in [1.82, 2.24) is 10.2 Å². The predicted molar refractivity (Wildman–Crippen MR) is 77.4 cm³/mol. The number of nitrogens with zero attached hydrogens (tertiary/aromatic N) is 1. The summed E-state index contributed by atoms with van der Waals surface area (Å²) in [5.41, 5.74) is 0.872. The molecule has 0 fully saturated rings. The molecule has 0 aliphatic carbocycles. The fourth-order valence-corrected chi connectivity index (χ4v) is 1.89. The summed E-state index contributed by atoms with van der Waals surface area (Å²) in [5, 5.41) is 15.1. The Hall–Kier alpha value is -2.63. The van der Waals surface area contributed by atoms with Crippen LogP contribution in [0.25, 0.3) is 11.3 Å². The summed E-state index contributed by atoms with van der Waals surface area (Å²) in [5.74, 6) is -0.409. The maximum Gasteiger partial charge on any atom is 0.308 e. The van der Waals surface area contributed by atoms with E-state index in [4.69, 9.17) is 9.84 Å². The number of aliphatic carboxylic acids is 1. The fraction of sp³-hybridized carbons (Fsp3) is 0.267. The van der Waals surface area contributed by atoms with Crippen LogP contribution in [0.2, 0.25) is 0 Å². The minimum Gasteiger partial charge on any atom is -0.493 e. The van der Waals surface area contributed by atoms with Crippen LogP contribution < -0.4 is 10.3 Å². The molecule has 21 heavy (non-hydrogen) atoms. The summed E-state index contributed by atoms with van der Waals surface area (Å²) in [7, 11) is 0. The molecule has 0 amide bonds. The lowest BCUT2D eigenvalue weighted by Gasteiger charge is -2.10. The molecule has 0 aliphatic heterocycles. The van der Waals surface area contributed by atoms with Gasteiger partial charge in [-0.2, -0.15) is 5.10 Å². The van der Waals surface area contributed by atoms with Gasteiger partial charge in [-0.1, -0.05) is 19.1 Å². The van der Waals surface area contributed by atoms with E-state index in [9.17, 15) is 9.59 Å². The summed E-state index contributed by atoms with van der Waals surface area (Å²) in [4.78, 5) is 22.4. The van der Waals surface area contributed by atoms with Gasteiger partial charge in [0.15, 0.2) is 0 Å². The summed E-state index contributed by atoms with van der Waals surface area (Å²) in [6.45, 7) is 2.58. The van der Waals surface area contributed by atoms with E-state index in [1.54, 1.807) is 0 Å². The zero-order valence-electron chi connectivity index (χ0n) is 11.6. The van der Waals surface area contributed by atoms with Crippen LogP contribution in [0.4, 0.5) is 0 Å². The zero-order valence-corrected chi connectivity index (χ0v) is 11.6. The summed E-state index contributed by atoms with van der Waals surface area (Å²) < 4.78 is 5.64. The van der Waals surface area contributed by atoms with Gasteiger partial charge in [0, 0.05) is 11.1 Å². The number of carboxylic acids is 1. The third-order valence-corrected chi connectivity index (χ3v) is 2.85. The number of H-pyrrole nitrogens is 1. The number of ether oxygens (including phenoxy) is 1. The van der Waals surface area contributed by atoms with Crippen molar-refractivity contribution in [2.45, 2.75) is 19.8 Å². The van der Waals surface area contributed by atoms with Gasteiger partial charge in [0.2, 0.25) is 0 Å². The van der Waals surface area contributed by atoms with Crippen LogP contribution in [-0.4, -0.2) is 27.9 Å². The Morgan fingerprint density at radius 1 is 1.38 bits per heavy atom. The molecule has 6 heteroatoms. The molecule has 2 N–H and O–H groups in total. The summed E-state index contributed by atoms with van der Waals surface area (Å²) in [6.07, 6.45) is 0.528. The van der Waals surface area contributed by atoms with Gasteiger partial charge in [-0.15, -0.1) is 0 Å². The van der Waals surface area contributed by atoms with Crippen LogP contribution in [0.15, 0.2) is 35.1 Å². The Morgan fingerprint density at radius 2 is 2.14 bits per heavy atom. The van der Waals surface area contributed by atoms with Gasteiger partial charge < -0.3 is 9.84 Å². The van der Waals surface area contributed by atoms with Gasteiger partial charge in [0.05, 0.1) is 18.7 Å².